The molecule has 0 aliphatic carbocycles. The van der Waals surface area contributed by atoms with Crippen molar-refractivity contribution in [2.45, 2.75) is 26.8 Å². The molecule has 1 rings (SSSR count). The quantitative estimate of drug-likeness (QED) is 0.734. The standard InChI is InChI=1S/C10H16N4OS/c1-3-7-5-8(14(4-2)13-7)10(15)12-6-9(11)16/h5H,3-4,6H2,1-2H3,(H2,11,16)(H,12,15). The molecule has 16 heavy (non-hydrogen) atoms. The zero-order valence-corrected chi connectivity index (χ0v) is 10.3. The summed E-state index contributed by atoms with van der Waals surface area (Å²) in [7, 11) is 0. The van der Waals surface area contributed by atoms with E-state index in [-0.39, 0.29) is 17.4 Å². The molecule has 0 aliphatic rings. The van der Waals surface area contributed by atoms with Crippen LogP contribution in [0.25, 0.3) is 0 Å². The number of nitrogens with one attached hydrogen (secondary N) is 1. The number of rotatable bonds is 5. The van der Waals surface area contributed by atoms with Gasteiger partial charge < -0.3 is 11.1 Å². The summed E-state index contributed by atoms with van der Waals surface area (Å²) < 4.78 is 1.67. The first-order valence-electron chi connectivity index (χ1n) is 5.21. The summed E-state index contributed by atoms with van der Waals surface area (Å²) in [6, 6.07) is 1.79. The van der Waals surface area contributed by atoms with E-state index in [9.17, 15) is 4.79 Å². The summed E-state index contributed by atoms with van der Waals surface area (Å²) in [5.41, 5.74) is 6.77. The first-order valence-corrected chi connectivity index (χ1v) is 5.62. The van der Waals surface area contributed by atoms with Gasteiger partial charge in [0.2, 0.25) is 0 Å². The lowest BCUT2D eigenvalue weighted by molar-refractivity contribution is 0.0949. The number of carbonyl (C=O) groups is 1. The fourth-order valence-corrected chi connectivity index (χ4v) is 1.40. The zero-order valence-electron chi connectivity index (χ0n) is 9.49. The SMILES string of the molecule is CCc1cc(C(=O)NCC(N)=S)n(CC)n1. The van der Waals surface area contributed by atoms with Gasteiger partial charge >= 0.3 is 0 Å². The van der Waals surface area contributed by atoms with Gasteiger partial charge in [0.15, 0.2) is 0 Å². The van der Waals surface area contributed by atoms with Crippen molar-refractivity contribution in [3.8, 4) is 0 Å². The average Bonchev–Trinajstić information content (AvgIpc) is 2.68. The molecule has 0 aromatic carbocycles. The lowest BCUT2D eigenvalue weighted by atomic mass is 10.3. The minimum absolute atomic E-state index is 0.193. The predicted octanol–water partition coefficient (Wildman–Crippen LogP) is 0.481. The summed E-state index contributed by atoms with van der Waals surface area (Å²) in [6.07, 6.45) is 0.808. The van der Waals surface area contributed by atoms with Gasteiger partial charge in [0.05, 0.1) is 17.2 Å². The Morgan fingerprint density at radius 1 is 1.62 bits per heavy atom. The number of thiocarbonyl (C=S) groups is 1. The Labute approximate surface area is 100 Å². The smallest absolute Gasteiger partial charge is 0.269 e. The monoisotopic (exact) mass is 240 g/mol. The van der Waals surface area contributed by atoms with Crippen molar-refractivity contribution in [1.29, 1.82) is 0 Å². The molecule has 3 N–H and O–H groups in total. The van der Waals surface area contributed by atoms with Gasteiger partial charge in [-0.3, -0.25) is 9.48 Å². The van der Waals surface area contributed by atoms with Crippen LogP contribution in [0.2, 0.25) is 0 Å². The number of hydrogen-bond acceptors (Lipinski definition) is 3. The van der Waals surface area contributed by atoms with Crippen LogP contribution in [0.3, 0.4) is 0 Å². The van der Waals surface area contributed by atoms with Gasteiger partial charge in [-0.05, 0) is 19.4 Å². The van der Waals surface area contributed by atoms with Crippen LogP contribution >= 0.6 is 12.2 Å². The number of aromatic nitrogens is 2. The number of hydrogen-bond donors (Lipinski definition) is 2. The van der Waals surface area contributed by atoms with Crippen molar-refractivity contribution in [2.24, 2.45) is 5.73 Å². The Kier molecular flexibility index (Phi) is 4.42. The van der Waals surface area contributed by atoms with Crippen LogP contribution < -0.4 is 11.1 Å². The molecule has 6 heteroatoms. The largest absolute Gasteiger partial charge is 0.392 e. The van der Waals surface area contributed by atoms with Gasteiger partial charge in [0, 0.05) is 6.54 Å². The lowest BCUT2D eigenvalue weighted by Crippen LogP contribution is -2.33. The van der Waals surface area contributed by atoms with E-state index in [0.29, 0.717) is 12.2 Å². The molecule has 5 nitrogen and oxygen atoms in total. The van der Waals surface area contributed by atoms with E-state index in [0.717, 1.165) is 12.1 Å². The highest BCUT2D eigenvalue weighted by molar-refractivity contribution is 7.80. The van der Waals surface area contributed by atoms with E-state index in [1.165, 1.54) is 0 Å². The molecule has 1 aromatic heterocycles. The molecule has 1 heterocycles. The first kappa shape index (κ1) is 12.6. The van der Waals surface area contributed by atoms with Crippen molar-refractivity contribution in [3.63, 3.8) is 0 Å². The maximum atomic E-state index is 11.8. The second-order valence-corrected chi connectivity index (χ2v) is 3.86. The topological polar surface area (TPSA) is 72.9 Å². The number of nitrogens with zero attached hydrogens (tertiary/aromatic N) is 2. The second-order valence-electron chi connectivity index (χ2n) is 3.34. The maximum Gasteiger partial charge on any atom is 0.269 e. The summed E-state index contributed by atoms with van der Waals surface area (Å²) in [5.74, 6) is -0.193. The minimum Gasteiger partial charge on any atom is -0.392 e. The molecule has 1 amide bonds. The lowest BCUT2D eigenvalue weighted by Gasteiger charge is -2.05. The number of nitrogens with two attached hydrogens (primary N) is 1. The van der Waals surface area contributed by atoms with Gasteiger partial charge in [-0.25, -0.2) is 0 Å². The fourth-order valence-electron chi connectivity index (χ4n) is 1.32. The van der Waals surface area contributed by atoms with Crippen LogP contribution in [-0.2, 0) is 13.0 Å². The molecular weight excluding hydrogens is 224 g/mol. The number of amides is 1. The maximum absolute atomic E-state index is 11.8. The van der Waals surface area contributed by atoms with Crippen LogP contribution in [-0.4, -0.2) is 27.2 Å². The van der Waals surface area contributed by atoms with Crippen molar-refractivity contribution >= 4 is 23.1 Å². The Morgan fingerprint density at radius 3 is 2.81 bits per heavy atom. The molecular formula is C10H16N4OS. The highest BCUT2D eigenvalue weighted by Crippen LogP contribution is 2.05. The summed E-state index contributed by atoms with van der Waals surface area (Å²) in [5, 5.41) is 6.93. The molecule has 0 radical (unpaired) electrons. The molecule has 0 unspecified atom stereocenters. The highest BCUT2D eigenvalue weighted by atomic mass is 32.1. The van der Waals surface area contributed by atoms with Crippen molar-refractivity contribution < 1.29 is 4.79 Å². The van der Waals surface area contributed by atoms with Gasteiger partial charge in [-0.15, -0.1) is 0 Å². The van der Waals surface area contributed by atoms with Gasteiger partial charge in [-0.2, -0.15) is 5.10 Å². The predicted molar refractivity (Wildman–Crippen MR) is 66.4 cm³/mol. The van der Waals surface area contributed by atoms with E-state index in [2.05, 4.69) is 10.4 Å². The number of carbonyl (C=O) groups excluding carboxylic acids is 1. The number of aryl methyl sites for hydroxylation is 2. The molecule has 0 atom stereocenters. The summed E-state index contributed by atoms with van der Waals surface area (Å²) in [4.78, 5) is 12.0. The summed E-state index contributed by atoms with van der Waals surface area (Å²) in [6.45, 7) is 4.82. The van der Waals surface area contributed by atoms with Crippen LogP contribution in [0, 0.1) is 0 Å². The highest BCUT2D eigenvalue weighted by Gasteiger charge is 2.13. The molecule has 88 valence electrons. The molecule has 1 aromatic rings. The van der Waals surface area contributed by atoms with E-state index in [4.69, 9.17) is 18.0 Å². The normalized spacial score (nSPS) is 10.1. The van der Waals surface area contributed by atoms with Gasteiger partial charge in [0.25, 0.3) is 5.91 Å². The van der Waals surface area contributed by atoms with E-state index in [1.54, 1.807) is 10.7 Å². The molecule has 0 aliphatic heterocycles. The Morgan fingerprint density at radius 2 is 2.31 bits per heavy atom. The summed E-state index contributed by atoms with van der Waals surface area (Å²) >= 11 is 4.69. The van der Waals surface area contributed by atoms with Gasteiger partial charge in [-0.1, -0.05) is 19.1 Å². The third kappa shape index (κ3) is 3.03. The Hall–Kier alpha value is -1.43. The van der Waals surface area contributed by atoms with Crippen LogP contribution in [0.5, 0.6) is 0 Å². The van der Waals surface area contributed by atoms with Crippen LogP contribution in [0.4, 0.5) is 0 Å². The van der Waals surface area contributed by atoms with Crippen molar-refractivity contribution in [2.75, 3.05) is 6.54 Å². The van der Waals surface area contributed by atoms with Crippen LogP contribution in [0.1, 0.15) is 30.0 Å². The van der Waals surface area contributed by atoms with E-state index in [1.807, 2.05) is 13.8 Å². The van der Waals surface area contributed by atoms with Gasteiger partial charge in [0.1, 0.15) is 5.69 Å². The molecule has 0 fully saturated rings. The fraction of sp³-hybridized carbons (Fsp3) is 0.500. The van der Waals surface area contributed by atoms with Crippen LogP contribution in [0.15, 0.2) is 6.07 Å². The third-order valence-electron chi connectivity index (χ3n) is 2.15. The Bertz CT molecular complexity index is 400. The first-order chi connectivity index (χ1) is 7.58. The molecule has 0 saturated carbocycles. The Balaban J connectivity index is 2.80. The zero-order chi connectivity index (χ0) is 12.1. The van der Waals surface area contributed by atoms with E-state index >= 15 is 0 Å². The van der Waals surface area contributed by atoms with Crippen molar-refractivity contribution in [1.82, 2.24) is 15.1 Å². The average molecular weight is 240 g/mol. The minimum atomic E-state index is -0.193. The molecule has 0 saturated heterocycles. The molecule has 0 bridgehead atoms. The van der Waals surface area contributed by atoms with E-state index < -0.39 is 0 Å². The third-order valence-corrected chi connectivity index (χ3v) is 2.29. The second kappa shape index (κ2) is 5.60. The molecule has 0 spiro atoms. The van der Waals surface area contributed by atoms with Crippen molar-refractivity contribution in [3.05, 3.63) is 17.5 Å².